The van der Waals surface area contributed by atoms with Crippen LogP contribution < -0.4 is 32.7 Å². The van der Waals surface area contributed by atoms with E-state index in [1.165, 1.54) is 6.92 Å². The van der Waals surface area contributed by atoms with Gasteiger partial charge in [-0.25, -0.2) is 0 Å². The van der Waals surface area contributed by atoms with Gasteiger partial charge in [-0.2, -0.15) is 0 Å². The fraction of sp³-hybridized carbons (Fsp3) is 0.533. The lowest BCUT2D eigenvalue weighted by Crippen LogP contribution is -2.67. The Hall–Kier alpha value is -4.42. The van der Waals surface area contributed by atoms with Gasteiger partial charge in [-0.15, -0.1) is 0 Å². The summed E-state index contributed by atoms with van der Waals surface area (Å²) in [5.41, 5.74) is 11.8. The first-order chi connectivity index (χ1) is 20.2. The van der Waals surface area contributed by atoms with Crippen LogP contribution in [-0.2, 0) is 41.6 Å². The first kappa shape index (κ1) is 33.1. The fourth-order valence-electron chi connectivity index (χ4n) is 5.49. The van der Waals surface area contributed by atoms with Crippen molar-refractivity contribution in [2.75, 3.05) is 0 Å². The number of fused-ring (bicyclic) bond motifs is 3. The third-order valence-corrected chi connectivity index (χ3v) is 8.13. The van der Waals surface area contributed by atoms with E-state index in [0.29, 0.717) is 12.8 Å². The highest BCUT2D eigenvalue weighted by Crippen LogP contribution is 2.34. The van der Waals surface area contributed by atoms with Gasteiger partial charge >= 0.3 is 0 Å². The summed E-state index contributed by atoms with van der Waals surface area (Å²) in [4.78, 5) is 80.0. The molecule has 0 unspecified atom stereocenters. The maximum Gasteiger partial charge on any atom is 0.246 e. The predicted octanol–water partition coefficient (Wildman–Crippen LogP) is 0.0487. The molecule has 6 amide bonds. The highest BCUT2D eigenvalue weighted by atomic mass is 16.2. The summed E-state index contributed by atoms with van der Waals surface area (Å²) < 4.78 is 0. The SMILES string of the molecule is CC[C@@H](C)[C@@H](NC(C)=O)C(=O)N[C@@]1(C(=O)N[C@H](C(=O)N[C@@H](CC(N)=O)C(N)=O)C(C)C)CCc2[nH]c3ccccc3c2C1. The van der Waals surface area contributed by atoms with E-state index in [9.17, 15) is 28.8 Å². The zero-order valence-corrected chi connectivity index (χ0v) is 25.3. The molecule has 9 N–H and O–H groups in total. The molecule has 13 nitrogen and oxygen atoms in total. The molecular weight excluding hydrogens is 554 g/mol. The van der Waals surface area contributed by atoms with Crippen molar-refractivity contribution in [2.24, 2.45) is 23.3 Å². The molecule has 1 heterocycles. The van der Waals surface area contributed by atoms with Crippen LogP contribution >= 0.6 is 0 Å². The van der Waals surface area contributed by atoms with Crippen LogP contribution in [0.15, 0.2) is 24.3 Å². The Bertz CT molecular complexity index is 1400. The summed E-state index contributed by atoms with van der Waals surface area (Å²) in [5.74, 6) is -4.65. The molecule has 13 heteroatoms. The van der Waals surface area contributed by atoms with Gasteiger partial charge in [0.25, 0.3) is 0 Å². The molecule has 0 aliphatic heterocycles. The zero-order valence-electron chi connectivity index (χ0n) is 25.3. The first-order valence-electron chi connectivity index (χ1n) is 14.6. The molecule has 2 aromatic rings. The second-order valence-electron chi connectivity index (χ2n) is 11.8. The number of para-hydroxylation sites is 1. The third kappa shape index (κ3) is 7.70. The molecule has 0 saturated carbocycles. The molecule has 1 aliphatic carbocycles. The summed E-state index contributed by atoms with van der Waals surface area (Å²) in [6.45, 7) is 8.48. The van der Waals surface area contributed by atoms with E-state index in [1.54, 1.807) is 13.8 Å². The highest BCUT2D eigenvalue weighted by Gasteiger charge is 2.46. The molecule has 234 valence electrons. The number of nitrogens with two attached hydrogens (primary N) is 2. The Kier molecular flexibility index (Phi) is 10.5. The number of H-pyrrole nitrogens is 1. The number of hydrogen-bond acceptors (Lipinski definition) is 6. The lowest BCUT2D eigenvalue weighted by molar-refractivity contribution is -0.139. The lowest BCUT2D eigenvalue weighted by Gasteiger charge is -2.39. The summed E-state index contributed by atoms with van der Waals surface area (Å²) >= 11 is 0. The zero-order chi connectivity index (χ0) is 32.1. The van der Waals surface area contributed by atoms with Crippen molar-refractivity contribution in [1.82, 2.24) is 26.3 Å². The molecule has 0 spiro atoms. The van der Waals surface area contributed by atoms with Crippen LogP contribution in [-0.4, -0.2) is 64.1 Å². The van der Waals surface area contributed by atoms with Gasteiger partial charge in [0.15, 0.2) is 0 Å². The average molecular weight is 598 g/mol. The van der Waals surface area contributed by atoms with Crippen LogP contribution in [0, 0.1) is 11.8 Å². The van der Waals surface area contributed by atoms with Crippen molar-refractivity contribution in [1.29, 1.82) is 0 Å². The number of carbonyl (C=O) groups excluding carboxylic acids is 6. The Morgan fingerprint density at radius 1 is 0.953 bits per heavy atom. The van der Waals surface area contributed by atoms with Crippen molar-refractivity contribution in [3.05, 3.63) is 35.5 Å². The Labute approximate surface area is 250 Å². The van der Waals surface area contributed by atoms with Crippen molar-refractivity contribution in [3.8, 4) is 0 Å². The molecule has 1 aromatic carbocycles. The topological polar surface area (TPSA) is 218 Å². The molecule has 1 aliphatic rings. The average Bonchev–Trinajstić information content (AvgIpc) is 3.30. The summed E-state index contributed by atoms with van der Waals surface area (Å²) in [6.07, 6.45) is 0.896. The number of aromatic nitrogens is 1. The van der Waals surface area contributed by atoms with Gasteiger partial charge in [-0.05, 0) is 36.3 Å². The minimum absolute atomic E-state index is 0.134. The molecule has 0 bridgehead atoms. The lowest BCUT2D eigenvalue weighted by atomic mass is 9.78. The van der Waals surface area contributed by atoms with E-state index in [4.69, 9.17) is 11.5 Å². The number of carbonyl (C=O) groups is 6. The van der Waals surface area contributed by atoms with Gasteiger partial charge in [0.1, 0.15) is 23.7 Å². The van der Waals surface area contributed by atoms with Crippen LogP contribution in [0.1, 0.15) is 65.1 Å². The minimum Gasteiger partial charge on any atom is -0.370 e. The summed E-state index contributed by atoms with van der Waals surface area (Å²) in [5, 5.41) is 11.8. The number of amides is 6. The van der Waals surface area contributed by atoms with Crippen LogP contribution in [0.5, 0.6) is 0 Å². The number of rotatable bonds is 13. The summed E-state index contributed by atoms with van der Waals surface area (Å²) in [6, 6.07) is 4.29. The third-order valence-electron chi connectivity index (χ3n) is 8.13. The molecule has 43 heavy (non-hydrogen) atoms. The second-order valence-corrected chi connectivity index (χ2v) is 11.8. The van der Waals surface area contributed by atoms with Crippen LogP contribution in [0.4, 0.5) is 0 Å². The maximum absolute atomic E-state index is 14.3. The summed E-state index contributed by atoms with van der Waals surface area (Å²) in [7, 11) is 0. The fourth-order valence-corrected chi connectivity index (χ4v) is 5.49. The molecule has 0 saturated heterocycles. The number of benzene rings is 1. The van der Waals surface area contributed by atoms with E-state index in [-0.39, 0.29) is 24.7 Å². The van der Waals surface area contributed by atoms with Crippen molar-refractivity contribution in [2.45, 2.75) is 90.4 Å². The van der Waals surface area contributed by atoms with Crippen molar-refractivity contribution in [3.63, 3.8) is 0 Å². The molecule has 0 radical (unpaired) electrons. The van der Waals surface area contributed by atoms with Gasteiger partial charge < -0.3 is 37.7 Å². The minimum atomic E-state index is -1.47. The normalized spacial score (nSPS) is 18.9. The monoisotopic (exact) mass is 597 g/mol. The van der Waals surface area contributed by atoms with E-state index in [2.05, 4.69) is 26.3 Å². The van der Waals surface area contributed by atoms with E-state index >= 15 is 0 Å². The first-order valence-corrected chi connectivity index (χ1v) is 14.6. The van der Waals surface area contributed by atoms with Gasteiger partial charge in [-0.3, -0.25) is 28.8 Å². The van der Waals surface area contributed by atoms with Gasteiger partial charge in [0.05, 0.1) is 6.42 Å². The highest BCUT2D eigenvalue weighted by molar-refractivity contribution is 5.99. The van der Waals surface area contributed by atoms with Crippen LogP contribution in [0.3, 0.4) is 0 Å². The van der Waals surface area contributed by atoms with Crippen LogP contribution in [0.2, 0.25) is 0 Å². The number of aromatic amines is 1. The molecule has 0 fully saturated rings. The van der Waals surface area contributed by atoms with Crippen molar-refractivity contribution >= 4 is 46.3 Å². The Balaban J connectivity index is 1.99. The number of aryl methyl sites for hydroxylation is 1. The quantitative estimate of drug-likeness (QED) is 0.169. The van der Waals surface area contributed by atoms with E-state index < -0.39 is 65.5 Å². The predicted molar refractivity (Wildman–Crippen MR) is 160 cm³/mol. The molecule has 5 atom stereocenters. The number of primary amides is 2. The smallest absolute Gasteiger partial charge is 0.246 e. The van der Waals surface area contributed by atoms with Gasteiger partial charge in [0.2, 0.25) is 35.4 Å². The molecular formula is C30H43N7O6. The van der Waals surface area contributed by atoms with Gasteiger partial charge in [-0.1, -0.05) is 52.3 Å². The van der Waals surface area contributed by atoms with E-state index in [1.807, 2.05) is 38.1 Å². The second kappa shape index (κ2) is 13.7. The maximum atomic E-state index is 14.3. The number of nitrogens with one attached hydrogen (secondary N) is 5. The standard InChI is InChI=1S/C30H43N7O6/c1-6-16(4)25(33-17(5)38)28(42)37-30(12-11-21-19(14-30)18-9-7-8-10-20(18)34-21)29(43)36-24(15(2)3)27(41)35-22(26(32)40)13-23(31)39/h7-10,15-16,22,24-25,34H,6,11-14H2,1-5H3,(H2,31,39)(H2,32,40)(H,33,38)(H,35,41)(H,36,43)(H,37,42)/t16-,22+,24+,25-,30+/m1/s1. The van der Waals surface area contributed by atoms with Crippen LogP contribution in [0.25, 0.3) is 10.9 Å². The molecule has 3 rings (SSSR count). The number of hydrogen-bond donors (Lipinski definition) is 7. The van der Waals surface area contributed by atoms with Gasteiger partial charge in [0, 0.05) is 29.9 Å². The van der Waals surface area contributed by atoms with E-state index in [0.717, 1.165) is 22.2 Å². The van der Waals surface area contributed by atoms with Crippen molar-refractivity contribution < 1.29 is 28.8 Å². The Morgan fingerprint density at radius 2 is 1.63 bits per heavy atom. The Morgan fingerprint density at radius 3 is 2.21 bits per heavy atom. The molecule has 1 aromatic heterocycles. The largest absolute Gasteiger partial charge is 0.370 e.